The standard InChI is InChI=1S/C9H18N2O4S2/c1-7(9(10)16)6-11(2)17(13,14)5-4-8(12)15-3/h7H,4-6H2,1-3H3,(H2,10,16). The fraction of sp³-hybridized carbons (Fsp3) is 0.778. The van der Waals surface area contributed by atoms with Gasteiger partial charge in [0.15, 0.2) is 0 Å². The number of ether oxygens (including phenoxy) is 1. The molecule has 1 unspecified atom stereocenters. The Morgan fingerprint density at radius 1 is 1.53 bits per heavy atom. The summed E-state index contributed by atoms with van der Waals surface area (Å²) in [4.78, 5) is 11.1. The summed E-state index contributed by atoms with van der Waals surface area (Å²) < 4.78 is 29.0. The third kappa shape index (κ3) is 5.94. The first-order chi connectivity index (χ1) is 7.70. The Labute approximate surface area is 107 Å². The average Bonchev–Trinajstić information content (AvgIpc) is 2.25. The van der Waals surface area contributed by atoms with Crippen molar-refractivity contribution < 1.29 is 17.9 Å². The van der Waals surface area contributed by atoms with Crippen molar-refractivity contribution in [1.29, 1.82) is 0 Å². The molecule has 8 heteroatoms. The van der Waals surface area contributed by atoms with E-state index in [0.717, 1.165) is 4.31 Å². The van der Waals surface area contributed by atoms with E-state index in [1.54, 1.807) is 6.92 Å². The normalized spacial score (nSPS) is 13.4. The number of carbonyl (C=O) groups is 1. The predicted octanol–water partition coefficient (Wildman–Crippen LogP) is -0.267. The molecule has 0 aromatic carbocycles. The Hall–Kier alpha value is -0.730. The minimum atomic E-state index is -3.48. The van der Waals surface area contributed by atoms with Gasteiger partial charge in [-0.25, -0.2) is 12.7 Å². The van der Waals surface area contributed by atoms with E-state index in [0.29, 0.717) is 0 Å². The second kappa shape index (κ2) is 6.87. The maximum atomic E-state index is 11.7. The lowest BCUT2D eigenvalue weighted by Gasteiger charge is -2.20. The zero-order valence-corrected chi connectivity index (χ0v) is 11.8. The molecule has 0 amide bonds. The van der Waals surface area contributed by atoms with Crippen LogP contribution in [0.4, 0.5) is 0 Å². The molecule has 0 saturated heterocycles. The van der Waals surface area contributed by atoms with E-state index < -0.39 is 16.0 Å². The molecule has 0 saturated carbocycles. The van der Waals surface area contributed by atoms with E-state index in [4.69, 9.17) is 18.0 Å². The zero-order chi connectivity index (χ0) is 13.6. The van der Waals surface area contributed by atoms with E-state index in [2.05, 4.69) is 4.74 Å². The molecular formula is C9H18N2O4S2. The van der Waals surface area contributed by atoms with Gasteiger partial charge in [0.1, 0.15) is 0 Å². The van der Waals surface area contributed by atoms with Gasteiger partial charge in [-0.15, -0.1) is 0 Å². The number of thiocarbonyl (C=S) groups is 1. The van der Waals surface area contributed by atoms with Gasteiger partial charge in [0, 0.05) is 19.5 Å². The molecule has 0 aliphatic heterocycles. The fourth-order valence-corrected chi connectivity index (χ4v) is 2.32. The van der Waals surface area contributed by atoms with Gasteiger partial charge in [-0.05, 0) is 0 Å². The van der Waals surface area contributed by atoms with Gasteiger partial charge in [-0.1, -0.05) is 19.1 Å². The third-order valence-electron chi connectivity index (χ3n) is 2.28. The van der Waals surface area contributed by atoms with E-state index >= 15 is 0 Å². The van der Waals surface area contributed by atoms with Crippen LogP contribution < -0.4 is 5.73 Å². The van der Waals surface area contributed by atoms with Crippen LogP contribution in [0, 0.1) is 5.92 Å². The van der Waals surface area contributed by atoms with Crippen molar-refractivity contribution in [2.75, 3.05) is 26.5 Å². The number of methoxy groups -OCH3 is 1. The Kier molecular flexibility index (Phi) is 6.58. The Balaban J connectivity index is 4.40. The molecule has 0 radical (unpaired) electrons. The summed E-state index contributed by atoms with van der Waals surface area (Å²) in [5.41, 5.74) is 5.41. The first kappa shape index (κ1) is 16.3. The van der Waals surface area contributed by atoms with E-state index in [9.17, 15) is 13.2 Å². The number of hydrogen-bond acceptors (Lipinski definition) is 5. The van der Waals surface area contributed by atoms with Gasteiger partial charge < -0.3 is 10.5 Å². The topological polar surface area (TPSA) is 89.7 Å². The smallest absolute Gasteiger partial charge is 0.306 e. The minimum Gasteiger partial charge on any atom is -0.469 e. The molecule has 0 spiro atoms. The van der Waals surface area contributed by atoms with Crippen molar-refractivity contribution in [1.82, 2.24) is 4.31 Å². The van der Waals surface area contributed by atoms with Crippen molar-refractivity contribution >= 4 is 33.2 Å². The summed E-state index contributed by atoms with van der Waals surface area (Å²) in [6, 6.07) is 0. The van der Waals surface area contributed by atoms with Gasteiger partial charge in [-0.2, -0.15) is 0 Å². The van der Waals surface area contributed by atoms with Gasteiger partial charge in [0.05, 0.1) is 24.3 Å². The lowest BCUT2D eigenvalue weighted by molar-refractivity contribution is -0.140. The number of esters is 1. The highest BCUT2D eigenvalue weighted by Gasteiger charge is 2.22. The fourth-order valence-electron chi connectivity index (χ4n) is 1.06. The number of hydrogen-bond donors (Lipinski definition) is 1. The molecule has 0 aliphatic carbocycles. The highest BCUT2D eigenvalue weighted by Crippen LogP contribution is 2.06. The van der Waals surface area contributed by atoms with Crippen LogP contribution in [-0.4, -0.2) is 50.1 Å². The van der Waals surface area contributed by atoms with Crippen LogP contribution in [0.3, 0.4) is 0 Å². The zero-order valence-electron chi connectivity index (χ0n) is 10.2. The first-order valence-corrected chi connectivity index (χ1v) is 7.02. The molecule has 1 atom stereocenters. The van der Waals surface area contributed by atoms with Gasteiger partial charge in [-0.3, -0.25) is 4.79 Å². The molecule has 2 N–H and O–H groups in total. The average molecular weight is 282 g/mol. The Morgan fingerprint density at radius 2 is 2.06 bits per heavy atom. The quantitative estimate of drug-likeness (QED) is 0.511. The second-order valence-corrected chi connectivity index (χ2v) is 6.39. The maximum Gasteiger partial charge on any atom is 0.306 e. The van der Waals surface area contributed by atoms with Crippen LogP contribution in [-0.2, 0) is 19.6 Å². The third-order valence-corrected chi connectivity index (χ3v) is 4.50. The highest BCUT2D eigenvalue weighted by molar-refractivity contribution is 7.89. The van der Waals surface area contributed by atoms with Crippen LogP contribution in [0.15, 0.2) is 0 Å². The highest BCUT2D eigenvalue weighted by atomic mass is 32.2. The van der Waals surface area contributed by atoms with Gasteiger partial charge in [0.2, 0.25) is 10.0 Å². The van der Waals surface area contributed by atoms with E-state index in [1.165, 1.54) is 14.2 Å². The van der Waals surface area contributed by atoms with Crippen LogP contribution in [0.2, 0.25) is 0 Å². The van der Waals surface area contributed by atoms with Crippen molar-refractivity contribution in [2.45, 2.75) is 13.3 Å². The lowest BCUT2D eigenvalue weighted by atomic mass is 10.2. The first-order valence-electron chi connectivity index (χ1n) is 5.01. The number of rotatable bonds is 7. The lowest BCUT2D eigenvalue weighted by Crippen LogP contribution is -2.37. The molecule has 0 rings (SSSR count). The molecule has 0 aromatic heterocycles. The monoisotopic (exact) mass is 282 g/mol. The summed E-state index contributed by atoms with van der Waals surface area (Å²) in [5, 5.41) is 0. The van der Waals surface area contributed by atoms with Crippen LogP contribution in [0.25, 0.3) is 0 Å². The van der Waals surface area contributed by atoms with Crippen LogP contribution in [0.5, 0.6) is 0 Å². The summed E-state index contributed by atoms with van der Waals surface area (Å²) in [7, 11) is -0.829. The second-order valence-electron chi connectivity index (χ2n) is 3.73. The van der Waals surface area contributed by atoms with Crippen molar-refractivity contribution in [3.63, 3.8) is 0 Å². The summed E-state index contributed by atoms with van der Waals surface area (Å²) in [6.07, 6.45) is -0.162. The van der Waals surface area contributed by atoms with Gasteiger partial charge in [0.25, 0.3) is 0 Å². The Morgan fingerprint density at radius 3 is 2.47 bits per heavy atom. The molecular weight excluding hydrogens is 264 g/mol. The molecule has 0 fully saturated rings. The van der Waals surface area contributed by atoms with Crippen molar-refractivity contribution in [2.24, 2.45) is 11.7 Å². The predicted molar refractivity (Wildman–Crippen MR) is 69.0 cm³/mol. The molecule has 17 heavy (non-hydrogen) atoms. The summed E-state index contributed by atoms with van der Waals surface area (Å²) in [5.74, 6) is -1.03. The summed E-state index contributed by atoms with van der Waals surface area (Å²) in [6.45, 7) is 1.95. The van der Waals surface area contributed by atoms with E-state index in [1.807, 2.05) is 0 Å². The number of nitrogens with zero attached hydrogens (tertiary/aromatic N) is 1. The number of sulfonamides is 1. The molecule has 0 aliphatic rings. The molecule has 0 aromatic rings. The van der Waals surface area contributed by atoms with Crippen LogP contribution in [0.1, 0.15) is 13.3 Å². The number of carbonyl (C=O) groups excluding carboxylic acids is 1. The molecule has 0 heterocycles. The molecule has 6 nitrogen and oxygen atoms in total. The minimum absolute atomic E-state index is 0.162. The van der Waals surface area contributed by atoms with Crippen LogP contribution >= 0.6 is 12.2 Å². The van der Waals surface area contributed by atoms with Crippen molar-refractivity contribution in [3.05, 3.63) is 0 Å². The Bertz CT molecular complexity index is 380. The number of nitrogens with two attached hydrogens (primary N) is 1. The van der Waals surface area contributed by atoms with Gasteiger partial charge >= 0.3 is 5.97 Å². The summed E-state index contributed by atoms with van der Waals surface area (Å²) >= 11 is 4.77. The largest absolute Gasteiger partial charge is 0.469 e. The molecule has 0 bridgehead atoms. The SMILES string of the molecule is COC(=O)CCS(=O)(=O)N(C)CC(C)C(N)=S. The van der Waals surface area contributed by atoms with E-state index in [-0.39, 0.29) is 29.6 Å². The van der Waals surface area contributed by atoms with Crippen molar-refractivity contribution in [3.8, 4) is 0 Å². The molecule has 100 valence electrons. The maximum absolute atomic E-state index is 11.7.